The van der Waals surface area contributed by atoms with Crippen LogP contribution < -0.4 is 10.6 Å². The molecule has 2 aromatic heterocycles. The molecule has 3 aromatic rings. The third-order valence-corrected chi connectivity index (χ3v) is 4.44. The van der Waals surface area contributed by atoms with Gasteiger partial charge in [0.1, 0.15) is 5.82 Å². The maximum Gasteiger partial charge on any atom is 0.226 e. The van der Waals surface area contributed by atoms with Crippen molar-refractivity contribution >= 4 is 34.0 Å². The van der Waals surface area contributed by atoms with Gasteiger partial charge in [-0.3, -0.25) is 9.59 Å². The molecule has 10 heteroatoms. The minimum Gasteiger partial charge on any atom is -0.339 e. The van der Waals surface area contributed by atoms with Gasteiger partial charge in [-0.15, -0.1) is 11.3 Å². The number of thiazole rings is 1. The Bertz CT molecular complexity index is 1000. The summed E-state index contributed by atoms with van der Waals surface area (Å²) in [7, 11) is 0. The number of nitrogens with zero attached hydrogens (tertiary/aromatic N) is 3. The van der Waals surface area contributed by atoms with Crippen LogP contribution in [0.3, 0.4) is 0 Å². The second-order valence-electron chi connectivity index (χ2n) is 6.05. The predicted molar refractivity (Wildman–Crippen MR) is 102 cm³/mol. The number of hydrogen-bond donors (Lipinski definition) is 2. The van der Waals surface area contributed by atoms with E-state index in [0.29, 0.717) is 41.1 Å². The number of benzene rings is 1. The Labute approximate surface area is 164 Å². The minimum atomic E-state index is -0.510. The molecule has 0 unspecified atom stereocenters. The van der Waals surface area contributed by atoms with Crippen LogP contribution in [0.1, 0.15) is 31.5 Å². The predicted octanol–water partition coefficient (Wildman–Crippen LogP) is 3.56. The number of anilines is 2. The quantitative estimate of drug-likeness (QED) is 0.624. The van der Waals surface area contributed by atoms with Crippen molar-refractivity contribution in [3.63, 3.8) is 0 Å². The Kier molecular flexibility index (Phi) is 6.09. The molecule has 0 saturated heterocycles. The summed E-state index contributed by atoms with van der Waals surface area (Å²) in [6.45, 7) is 3.08. The fourth-order valence-electron chi connectivity index (χ4n) is 2.48. The summed E-state index contributed by atoms with van der Waals surface area (Å²) in [5.74, 6) is 0.0788. The van der Waals surface area contributed by atoms with E-state index in [1.165, 1.54) is 30.4 Å². The monoisotopic (exact) mass is 403 g/mol. The van der Waals surface area contributed by atoms with Crippen LogP contribution in [0.2, 0.25) is 0 Å². The number of rotatable bonds is 7. The fourth-order valence-corrected chi connectivity index (χ4v) is 3.21. The van der Waals surface area contributed by atoms with Crippen LogP contribution in [0.5, 0.6) is 0 Å². The number of aryl methyl sites for hydroxylation is 2. The van der Waals surface area contributed by atoms with E-state index in [4.69, 9.17) is 4.52 Å². The van der Waals surface area contributed by atoms with Gasteiger partial charge in [-0.2, -0.15) is 4.98 Å². The van der Waals surface area contributed by atoms with Gasteiger partial charge < -0.3 is 15.2 Å². The molecular weight excluding hydrogens is 385 g/mol. The van der Waals surface area contributed by atoms with Crippen LogP contribution in [0.15, 0.2) is 28.1 Å². The van der Waals surface area contributed by atoms with Gasteiger partial charge in [-0.05, 0) is 31.5 Å². The van der Waals surface area contributed by atoms with Crippen molar-refractivity contribution in [2.75, 3.05) is 10.6 Å². The molecule has 0 saturated carbocycles. The van der Waals surface area contributed by atoms with Crippen LogP contribution in [0, 0.1) is 12.7 Å². The van der Waals surface area contributed by atoms with Crippen molar-refractivity contribution in [3.8, 4) is 11.3 Å². The first-order valence-electron chi connectivity index (χ1n) is 8.53. The van der Waals surface area contributed by atoms with E-state index in [9.17, 15) is 14.0 Å². The molecule has 0 spiro atoms. The number of nitrogens with one attached hydrogen (secondary N) is 2. The standard InChI is InChI=1S/C18H18FN5O3S/c1-10-20-17(27-24-10)5-3-4-16(26)23-18-22-15(9-28-18)13-7-6-12(8-14(13)19)21-11(2)25/h6-9H,3-5H2,1-2H3,(H,21,25)(H,22,23,26). The van der Waals surface area contributed by atoms with Gasteiger partial charge >= 0.3 is 0 Å². The van der Waals surface area contributed by atoms with Gasteiger partial charge in [0.05, 0.1) is 5.69 Å². The number of hydrogen-bond acceptors (Lipinski definition) is 7. The molecule has 0 aliphatic carbocycles. The van der Waals surface area contributed by atoms with Crippen molar-refractivity contribution in [1.29, 1.82) is 0 Å². The second-order valence-corrected chi connectivity index (χ2v) is 6.91. The molecule has 0 radical (unpaired) electrons. The molecule has 2 N–H and O–H groups in total. The molecule has 1 aromatic carbocycles. The van der Waals surface area contributed by atoms with Crippen molar-refractivity contribution in [2.45, 2.75) is 33.1 Å². The average molecular weight is 403 g/mol. The topological polar surface area (TPSA) is 110 Å². The second kappa shape index (κ2) is 8.70. The maximum atomic E-state index is 14.3. The lowest BCUT2D eigenvalue weighted by atomic mass is 10.1. The lowest BCUT2D eigenvalue weighted by Crippen LogP contribution is -2.11. The highest BCUT2D eigenvalue weighted by atomic mass is 32.1. The van der Waals surface area contributed by atoms with Crippen LogP contribution in [0.4, 0.5) is 15.2 Å². The highest BCUT2D eigenvalue weighted by molar-refractivity contribution is 7.14. The van der Waals surface area contributed by atoms with E-state index in [2.05, 4.69) is 25.8 Å². The Morgan fingerprint density at radius 2 is 2.07 bits per heavy atom. The van der Waals surface area contributed by atoms with E-state index in [1.54, 1.807) is 18.4 Å². The molecule has 3 rings (SSSR count). The molecule has 8 nitrogen and oxygen atoms in total. The molecule has 0 aliphatic heterocycles. The lowest BCUT2D eigenvalue weighted by molar-refractivity contribution is -0.116. The van der Waals surface area contributed by atoms with Gasteiger partial charge in [0.2, 0.25) is 17.7 Å². The number of amides is 2. The Balaban J connectivity index is 1.56. The van der Waals surface area contributed by atoms with Crippen molar-refractivity contribution in [2.24, 2.45) is 0 Å². The van der Waals surface area contributed by atoms with Gasteiger partial charge in [0.25, 0.3) is 0 Å². The van der Waals surface area contributed by atoms with Crippen molar-refractivity contribution in [1.82, 2.24) is 15.1 Å². The van der Waals surface area contributed by atoms with Gasteiger partial charge in [-0.25, -0.2) is 9.37 Å². The molecule has 0 aliphatic rings. The summed E-state index contributed by atoms with van der Waals surface area (Å²) in [5, 5.41) is 11.0. The minimum absolute atomic E-state index is 0.196. The third-order valence-electron chi connectivity index (χ3n) is 3.68. The van der Waals surface area contributed by atoms with Crippen LogP contribution in [-0.2, 0) is 16.0 Å². The number of carbonyl (C=O) groups is 2. The first kappa shape index (κ1) is 19.6. The third kappa shape index (κ3) is 5.19. The van der Waals surface area contributed by atoms with E-state index < -0.39 is 5.82 Å². The molecule has 146 valence electrons. The molecule has 0 bridgehead atoms. The largest absolute Gasteiger partial charge is 0.339 e. The summed E-state index contributed by atoms with van der Waals surface area (Å²) in [5.41, 5.74) is 1.07. The Morgan fingerprint density at radius 3 is 2.75 bits per heavy atom. The SMILES string of the molecule is CC(=O)Nc1ccc(-c2csc(NC(=O)CCCc3nc(C)no3)n2)c(F)c1. The maximum absolute atomic E-state index is 14.3. The number of carbonyl (C=O) groups excluding carboxylic acids is 2. The van der Waals surface area contributed by atoms with E-state index in [-0.39, 0.29) is 23.8 Å². The first-order valence-corrected chi connectivity index (χ1v) is 9.41. The Hall–Kier alpha value is -3.14. The average Bonchev–Trinajstić information content (AvgIpc) is 3.23. The summed E-state index contributed by atoms with van der Waals surface area (Å²) in [6, 6.07) is 4.36. The zero-order valence-electron chi connectivity index (χ0n) is 15.3. The highest BCUT2D eigenvalue weighted by Gasteiger charge is 2.13. The normalized spacial score (nSPS) is 10.7. The molecule has 28 heavy (non-hydrogen) atoms. The molecule has 0 atom stereocenters. The highest BCUT2D eigenvalue weighted by Crippen LogP contribution is 2.28. The van der Waals surface area contributed by atoms with E-state index in [0.717, 1.165) is 0 Å². The zero-order chi connectivity index (χ0) is 20.1. The number of aromatic nitrogens is 3. The van der Waals surface area contributed by atoms with Crippen LogP contribution in [-0.4, -0.2) is 26.9 Å². The van der Waals surface area contributed by atoms with E-state index in [1.807, 2.05) is 0 Å². The lowest BCUT2D eigenvalue weighted by Gasteiger charge is -2.05. The first-order chi connectivity index (χ1) is 13.4. The fraction of sp³-hybridized carbons (Fsp3) is 0.278. The number of halogens is 1. The van der Waals surface area contributed by atoms with Crippen LogP contribution >= 0.6 is 11.3 Å². The molecule has 0 fully saturated rings. The molecule has 2 amide bonds. The smallest absolute Gasteiger partial charge is 0.226 e. The summed E-state index contributed by atoms with van der Waals surface area (Å²) < 4.78 is 19.3. The van der Waals surface area contributed by atoms with Gasteiger partial charge in [-0.1, -0.05) is 5.16 Å². The summed E-state index contributed by atoms with van der Waals surface area (Å²) in [4.78, 5) is 31.4. The van der Waals surface area contributed by atoms with Gasteiger partial charge in [0, 0.05) is 36.4 Å². The van der Waals surface area contributed by atoms with Gasteiger partial charge in [0.15, 0.2) is 11.0 Å². The summed E-state index contributed by atoms with van der Waals surface area (Å²) in [6.07, 6.45) is 1.35. The van der Waals surface area contributed by atoms with E-state index >= 15 is 0 Å². The molecule has 2 heterocycles. The Morgan fingerprint density at radius 1 is 1.25 bits per heavy atom. The summed E-state index contributed by atoms with van der Waals surface area (Å²) >= 11 is 1.21. The molecular formula is C18H18FN5O3S. The zero-order valence-corrected chi connectivity index (χ0v) is 16.1. The van der Waals surface area contributed by atoms with Crippen molar-refractivity contribution in [3.05, 3.63) is 41.1 Å². The van der Waals surface area contributed by atoms with Crippen LogP contribution in [0.25, 0.3) is 11.3 Å². The van der Waals surface area contributed by atoms with Crippen molar-refractivity contribution < 1.29 is 18.5 Å².